The molecule has 3 aromatic rings. The summed E-state index contributed by atoms with van der Waals surface area (Å²) in [5.74, 6) is -0.263. The molecular formula is C20H18FN5O3. The Bertz CT molecular complexity index is 1040. The molecule has 1 atom stereocenters. The fourth-order valence-electron chi connectivity index (χ4n) is 3.18. The summed E-state index contributed by atoms with van der Waals surface area (Å²) in [4.78, 5) is 32.6. The van der Waals surface area contributed by atoms with Crippen molar-refractivity contribution in [3.63, 3.8) is 0 Å². The summed E-state index contributed by atoms with van der Waals surface area (Å²) in [6.45, 7) is 0.242. The van der Waals surface area contributed by atoms with Crippen LogP contribution in [0.1, 0.15) is 12.8 Å². The summed E-state index contributed by atoms with van der Waals surface area (Å²) < 4.78 is 21.7. The van der Waals surface area contributed by atoms with Gasteiger partial charge in [0.15, 0.2) is 0 Å². The van der Waals surface area contributed by atoms with E-state index in [1.807, 2.05) is 0 Å². The molecule has 148 valence electrons. The first kappa shape index (κ1) is 18.6. The molecule has 9 heteroatoms. The quantitative estimate of drug-likeness (QED) is 0.691. The number of aromatic nitrogens is 3. The summed E-state index contributed by atoms with van der Waals surface area (Å²) in [6, 6.07) is 8.08. The number of cyclic esters (lactones) is 1. The summed E-state index contributed by atoms with van der Waals surface area (Å²) in [6.07, 6.45) is 6.07. The normalized spacial score (nSPS) is 16.1. The van der Waals surface area contributed by atoms with Gasteiger partial charge in [0.2, 0.25) is 5.91 Å². The molecule has 0 aliphatic carbocycles. The Hall–Kier alpha value is -3.75. The molecule has 1 aliphatic heterocycles. The molecule has 2 aromatic heterocycles. The zero-order valence-electron chi connectivity index (χ0n) is 15.4. The van der Waals surface area contributed by atoms with Crippen LogP contribution >= 0.6 is 0 Å². The number of halogens is 1. The van der Waals surface area contributed by atoms with E-state index in [1.54, 1.807) is 53.8 Å². The highest BCUT2D eigenvalue weighted by molar-refractivity contribution is 5.90. The number of imidazole rings is 1. The number of pyridine rings is 1. The van der Waals surface area contributed by atoms with Crippen molar-refractivity contribution in [3.05, 3.63) is 61.1 Å². The smallest absolute Gasteiger partial charge is 0.414 e. The Morgan fingerprint density at radius 3 is 2.83 bits per heavy atom. The van der Waals surface area contributed by atoms with E-state index in [1.165, 1.54) is 11.0 Å². The van der Waals surface area contributed by atoms with Crippen LogP contribution in [0.3, 0.4) is 0 Å². The lowest BCUT2D eigenvalue weighted by Gasteiger charge is -2.14. The second-order valence-electron chi connectivity index (χ2n) is 6.66. The minimum absolute atomic E-state index is 0.126. The Labute approximate surface area is 165 Å². The predicted octanol–water partition coefficient (Wildman–Crippen LogP) is 2.66. The van der Waals surface area contributed by atoms with Crippen molar-refractivity contribution in [1.29, 1.82) is 0 Å². The van der Waals surface area contributed by atoms with Gasteiger partial charge in [-0.2, -0.15) is 0 Å². The summed E-state index contributed by atoms with van der Waals surface area (Å²) in [5.41, 5.74) is 6.50. The van der Waals surface area contributed by atoms with Gasteiger partial charge in [-0.25, -0.2) is 19.2 Å². The number of amides is 2. The third-order valence-corrected chi connectivity index (χ3v) is 4.68. The van der Waals surface area contributed by atoms with Crippen molar-refractivity contribution in [2.24, 2.45) is 5.73 Å². The van der Waals surface area contributed by atoms with Crippen LogP contribution in [0.4, 0.5) is 14.9 Å². The highest BCUT2D eigenvalue weighted by Crippen LogP contribution is 2.29. The van der Waals surface area contributed by atoms with E-state index >= 15 is 0 Å². The summed E-state index contributed by atoms with van der Waals surface area (Å²) in [5, 5.41) is 0. The molecule has 0 bridgehead atoms. The third kappa shape index (κ3) is 3.93. The fourth-order valence-corrected chi connectivity index (χ4v) is 3.18. The molecular weight excluding hydrogens is 377 g/mol. The van der Waals surface area contributed by atoms with Crippen LogP contribution < -0.4 is 10.6 Å². The van der Waals surface area contributed by atoms with Crippen molar-refractivity contribution < 1.29 is 18.7 Å². The number of hydrogen-bond donors (Lipinski definition) is 1. The number of primary amides is 1. The largest absolute Gasteiger partial charge is 0.444 e. The molecule has 1 fully saturated rings. The highest BCUT2D eigenvalue weighted by atomic mass is 19.1. The summed E-state index contributed by atoms with van der Waals surface area (Å²) in [7, 11) is 0. The molecule has 2 N–H and O–H groups in total. The molecule has 0 spiro atoms. The standard InChI is InChI=1S/C20H18FN5O3/c21-17-9-14(26-11-15(29-20(26)28)3-5-18(22)27)2-4-16(17)13-1-6-19(24-10-13)25-8-7-23-12-25/h1-2,4,6-10,12,15H,3,5,11H2,(H2,22,27). The molecule has 2 amide bonds. The lowest BCUT2D eigenvalue weighted by atomic mass is 10.1. The first-order valence-electron chi connectivity index (χ1n) is 9.02. The zero-order valence-corrected chi connectivity index (χ0v) is 15.4. The van der Waals surface area contributed by atoms with Crippen LogP contribution in [0.5, 0.6) is 0 Å². The Morgan fingerprint density at radius 1 is 1.31 bits per heavy atom. The predicted molar refractivity (Wildman–Crippen MR) is 103 cm³/mol. The van der Waals surface area contributed by atoms with Crippen molar-refractivity contribution >= 4 is 17.7 Å². The van der Waals surface area contributed by atoms with Crippen molar-refractivity contribution in [3.8, 4) is 16.9 Å². The van der Waals surface area contributed by atoms with Gasteiger partial charge in [-0.05, 0) is 36.8 Å². The monoisotopic (exact) mass is 395 g/mol. The van der Waals surface area contributed by atoms with E-state index < -0.39 is 23.9 Å². The maximum absolute atomic E-state index is 14.8. The van der Waals surface area contributed by atoms with Crippen LogP contribution in [-0.2, 0) is 9.53 Å². The van der Waals surface area contributed by atoms with Gasteiger partial charge in [0.05, 0.1) is 12.2 Å². The van der Waals surface area contributed by atoms with E-state index in [-0.39, 0.29) is 13.0 Å². The first-order valence-corrected chi connectivity index (χ1v) is 9.02. The number of hydrogen-bond acceptors (Lipinski definition) is 5. The van der Waals surface area contributed by atoms with Gasteiger partial charge in [0.25, 0.3) is 0 Å². The maximum atomic E-state index is 14.8. The number of nitrogens with zero attached hydrogens (tertiary/aromatic N) is 4. The zero-order chi connectivity index (χ0) is 20.4. The van der Waals surface area contributed by atoms with Crippen LogP contribution in [0.15, 0.2) is 55.2 Å². The van der Waals surface area contributed by atoms with Gasteiger partial charge in [0.1, 0.15) is 24.1 Å². The Morgan fingerprint density at radius 2 is 2.17 bits per heavy atom. The number of nitrogens with two attached hydrogens (primary N) is 1. The van der Waals surface area contributed by atoms with E-state index in [0.717, 1.165) is 0 Å². The second kappa shape index (κ2) is 7.70. The first-order chi connectivity index (χ1) is 14.0. The van der Waals surface area contributed by atoms with Gasteiger partial charge in [0, 0.05) is 36.1 Å². The molecule has 1 saturated heterocycles. The lowest BCUT2D eigenvalue weighted by Crippen LogP contribution is -2.25. The number of ether oxygens (including phenoxy) is 1. The van der Waals surface area contributed by atoms with Crippen molar-refractivity contribution in [1.82, 2.24) is 14.5 Å². The molecule has 4 rings (SSSR count). The third-order valence-electron chi connectivity index (χ3n) is 4.68. The lowest BCUT2D eigenvalue weighted by molar-refractivity contribution is -0.118. The highest BCUT2D eigenvalue weighted by Gasteiger charge is 2.32. The van der Waals surface area contributed by atoms with Crippen LogP contribution in [0, 0.1) is 5.82 Å². The van der Waals surface area contributed by atoms with E-state index in [9.17, 15) is 14.0 Å². The number of carbonyl (C=O) groups is 2. The summed E-state index contributed by atoms with van der Waals surface area (Å²) >= 11 is 0. The van der Waals surface area contributed by atoms with E-state index in [4.69, 9.17) is 10.5 Å². The topological polar surface area (TPSA) is 103 Å². The number of rotatable bonds is 6. The minimum atomic E-state index is -0.571. The SMILES string of the molecule is NC(=O)CCC1CN(c2ccc(-c3ccc(-n4ccnc4)nc3)c(F)c2)C(=O)O1. The van der Waals surface area contributed by atoms with Gasteiger partial charge in [-0.1, -0.05) is 0 Å². The van der Waals surface area contributed by atoms with E-state index in [2.05, 4.69) is 9.97 Å². The molecule has 0 radical (unpaired) electrons. The van der Waals surface area contributed by atoms with Crippen LogP contribution in [-0.4, -0.2) is 39.2 Å². The number of carbonyl (C=O) groups excluding carboxylic acids is 2. The molecule has 1 unspecified atom stereocenters. The van der Waals surface area contributed by atoms with Crippen LogP contribution in [0.25, 0.3) is 16.9 Å². The Balaban J connectivity index is 1.51. The molecule has 3 heterocycles. The van der Waals surface area contributed by atoms with Crippen LogP contribution in [0.2, 0.25) is 0 Å². The van der Waals surface area contributed by atoms with Gasteiger partial charge >= 0.3 is 6.09 Å². The van der Waals surface area contributed by atoms with E-state index in [0.29, 0.717) is 29.1 Å². The minimum Gasteiger partial charge on any atom is -0.444 e. The number of anilines is 1. The maximum Gasteiger partial charge on any atom is 0.414 e. The molecule has 0 saturated carbocycles. The molecule has 8 nitrogen and oxygen atoms in total. The van der Waals surface area contributed by atoms with Crippen molar-refractivity contribution in [2.45, 2.75) is 18.9 Å². The van der Waals surface area contributed by atoms with Gasteiger partial charge < -0.3 is 10.5 Å². The molecule has 1 aromatic carbocycles. The van der Waals surface area contributed by atoms with Gasteiger partial charge in [-0.3, -0.25) is 14.3 Å². The van der Waals surface area contributed by atoms with Gasteiger partial charge in [-0.15, -0.1) is 0 Å². The van der Waals surface area contributed by atoms with Crippen molar-refractivity contribution in [2.75, 3.05) is 11.4 Å². The fraction of sp³-hybridized carbons (Fsp3) is 0.200. The average molecular weight is 395 g/mol. The molecule has 29 heavy (non-hydrogen) atoms. The second-order valence-corrected chi connectivity index (χ2v) is 6.66. The average Bonchev–Trinajstić information content (AvgIpc) is 3.36. The Kier molecular flexibility index (Phi) is 4.94. The number of benzene rings is 1. The molecule has 1 aliphatic rings.